The maximum atomic E-state index is 13.8. The van der Waals surface area contributed by atoms with E-state index in [0.29, 0.717) is 44.3 Å². The maximum absolute atomic E-state index is 13.8. The first-order valence-electron chi connectivity index (χ1n) is 12.7. The van der Waals surface area contributed by atoms with Gasteiger partial charge in [-0.05, 0) is 57.5 Å². The Hall–Kier alpha value is -4.18. The van der Waals surface area contributed by atoms with E-state index in [9.17, 15) is 14.4 Å². The Labute approximate surface area is 229 Å². The Bertz CT molecular complexity index is 1570. The van der Waals surface area contributed by atoms with E-state index >= 15 is 0 Å². The number of aromatic nitrogens is 1. The maximum Gasteiger partial charge on any atom is 0.344 e. The monoisotopic (exact) mass is 550 g/mol. The van der Waals surface area contributed by atoms with Crippen molar-refractivity contribution in [1.29, 1.82) is 0 Å². The number of carbonyl (C=O) groups excluding carboxylic acids is 2. The predicted molar refractivity (Wildman–Crippen MR) is 147 cm³/mol. The molecule has 0 aliphatic carbocycles. The Kier molecular flexibility index (Phi) is 8.98. The van der Waals surface area contributed by atoms with Crippen LogP contribution in [0.4, 0.5) is 0 Å². The van der Waals surface area contributed by atoms with Crippen LogP contribution in [0.2, 0.25) is 0 Å². The number of esters is 2. The van der Waals surface area contributed by atoms with Gasteiger partial charge >= 0.3 is 11.9 Å². The van der Waals surface area contributed by atoms with Gasteiger partial charge in [0, 0.05) is 5.56 Å². The highest BCUT2D eigenvalue weighted by atomic mass is 32.1. The molecule has 3 aromatic rings. The van der Waals surface area contributed by atoms with Crippen LogP contribution in [0, 0.1) is 0 Å². The molecule has 0 unspecified atom stereocenters. The van der Waals surface area contributed by atoms with E-state index in [1.54, 1.807) is 51.1 Å². The number of ether oxygens (including phenoxy) is 4. The van der Waals surface area contributed by atoms with Crippen molar-refractivity contribution in [2.75, 3.05) is 26.4 Å². The fourth-order valence-electron chi connectivity index (χ4n) is 4.24. The van der Waals surface area contributed by atoms with E-state index in [2.05, 4.69) is 4.99 Å². The van der Waals surface area contributed by atoms with Crippen LogP contribution in [0.1, 0.15) is 44.9 Å². The first-order valence-corrected chi connectivity index (χ1v) is 13.5. The molecule has 0 spiro atoms. The first-order chi connectivity index (χ1) is 18.9. The molecule has 0 amide bonds. The molecular formula is C29H30N2O7S. The second kappa shape index (κ2) is 12.6. The lowest BCUT2D eigenvalue weighted by molar-refractivity contribution is -0.145. The summed E-state index contributed by atoms with van der Waals surface area (Å²) >= 11 is 1.24. The van der Waals surface area contributed by atoms with E-state index in [1.807, 2.05) is 31.2 Å². The van der Waals surface area contributed by atoms with Crippen molar-refractivity contribution < 1.29 is 28.5 Å². The zero-order valence-corrected chi connectivity index (χ0v) is 23.1. The second-order valence-corrected chi connectivity index (χ2v) is 9.44. The minimum atomic E-state index is -0.760. The van der Waals surface area contributed by atoms with Crippen LogP contribution in [0.25, 0.3) is 6.08 Å². The quantitative estimate of drug-likeness (QED) is 0.357. The highest BCUT2D eigenvalue weighted by Crippen LogP contribution is 2.35. The van der Waals surface area contributed by atoms with Gasteiger partial charge in [0.15, 0.2) is 11.4 Å². The molecule has 39 heavy (non-hydrogen) atoms. The SMILES string of the molecule is CCOC(=O)COc1ccc(C=c2sc3n(c2=O)[C@@H](c2ccccc2OCC)C(C(=O)OCC)=C(C)N=3)cc1. The van der Waals surface area contributed by atoms with Crippen LogP contribution in [-0.2, 0) is 19.1 Å². The zero-order chi connectivity index (χ0) is 27.9. The van der Waals surface area contributed by atoms with Gasteiger partial charge in [-0.25, -0.2) is 14.6 Å². The van der Waals surface area contributed by atoms with E-state index in [4.69, 9.17) is 18.9 Å². The molecule has 9 nitrogen and oxygen atoms in total. The van der Waals surface area contributed by atoms with Crippen LogP contribution < -0.4 is 24.4 Å². The van der Waals surface area contributed by atoms with E-state index in [1.165, 1.54) is 15.9 Å². The van der Waals surface area contributed by atoms with E-state index < -0.39 is 18.0 Å². The van der Waals surface area contributed by atoms with Crippen LogP contribution in [0.5, 0.6) is 11.5 Å². The highest BCUT2D eigenvalue weighted by molar-refractivity contribution is 7.07. The molecule has 4 rings (SSSR count). The third-order valence-corrected chi connectivity index (χ3v) is 6.85. The van der Waals surface area contributed by atoms with Crippen LogP contribution in [-0.4, -0.2) is 42.9 Å². The molecule has 1 aromatic heterocycles. The highest BCUT2D eigenvalue weighted by Gasteiger charge is 2.35. The molecule has 0 saturated carbocycles. The third kappa shape index (κ3) is 6.12. The number of rotatable bonds is 10. The second-order valence-electron chi connectivity index (χ2n) is 8.44. The number of hydrogen-bond donors (Lipinski definition) is 0. The van der Waals surface area contributed by atoms with Gasteiger partial charge in [-0.2, -0.15) is 0 Å². The van der Waals surface area contributed by atoms with Crippen molar-refractivity contribution in [3.05, 3.63) is 90.6 Å². The molecule has 204 valence electrons. The van der Waals surface area contributed by atoms with E-state index in [-0.39, 0.29) is 25.4 Å². The number of carbonyl (C=O) groups is 2. The number of benzene rings is 2. The molecule has 10 heteroatoms. The summed E-state index contributed by atoms with van der Waals surface area (Å²) in [6, 6.07) is 13.6. The van der Waals surface area contributed by atoms with Gasteiger partial charge in [0.05, 0.1) is 35.6 Å². The lowest BCUT2D eigenvalue weighted by Crippen LogP contribution is -2.40. The predicted octanol–water partition coefficient (Wildman–Crippen LogP) is 3.14. The standard InChI is InChI=1S/C29H30N2O7S/c1-5-35-22-11-9-8-10-21(22)26-25(28(34)37-7-3)18(4)30-29-31(26)27(33)23(39-29)16-19-12-14-20(15-13-19)38-17-24(32)36-6-2/h8-16,26H,5-7,17H2,1-4H3/t26-/m0/s1. The molecule has 2 heterocycles. The molecule has 1 aliphatic rings. The normalized spacial score (nSPS) is 14.9. The molecule has 2 aromatic carbocycles. The summed E-state index contributed by atoms with van der Waals surface area (Å²) in [4.78, 5) is 43.5. The van der Waals surface area contributed by atoms with Gasteiger partial charge in [-0.1, -0.05) is 41.7 Å². The lowest BCUT2D eigenvalue weighted by atomic mass is 9.95. The Morgan fingerprint density at radius 2 is 1.69 bits per heavy atom. The van der Waals surface area contributed by atoms with Crippen molar-refractivity contribution in [2.45, 2.75) is 33.7 Å². The minimum absolute atomic E-state index is 0.183. The fourth-order valence-corrected chi connectivity index (χ4v) is 5.28. The molecule has 0 bridgehead atoms. The summed E-state index contributed by atoms with van der Waals surface area (Å²) in [6.07, 6.45) is 1.76. The number of allylic oxidation sites excluding steroid dienone is 1. The Balaban J connectivity index is 1.77. The molecule has 0 radical (unpaired) electrons. The van der Waals surface area contributed by atoms with Gasteiger partial charge in [-0.15, -0.1) is 0 Å². The summed E-state index contributed by atoms with van der Waals surface area (Å²) in [7, 11) is 0. The number of fused-ring (bicyclic) bond motifs is 1. The summed E-state index contributed by atoms with van der Waals surface area (Å²) in [5.41, 5.74) is 1.93. The smallest absolute Gasteiger partial charge is 0.344 e. The summed E-state index contributed by atoms with van der Waals surface area (Å²) in [5, 5.41) is 0. The molecule has 1 aliphatic heterocycles. The summed E-state index contributed by atoms with van der Waals surface area (Å²) in [5.74, 6) is 0.113. The van der Waals surface area contributed by atoms with Crippen molar-refractivity contribution in [3.63, 3.8) is 0 Å². The molecule has 0 N–H and O–H groups in total. The molecular weight excluding hydrogens is 520 g/mol. The average Bonchev–Trinajstić information content (AvgIpc) is 3.22. The van der Waals surface area contributed by atoms with Crippen molar-refractivity contribution in [1.82, 2.24) is 4.57 Å². The molecule has 1 atom stereocenters. The van der Waals surface area contributed by atoms with Crippen molar-refractivity contribution in [2.24, 2.45) is 4.99 Å². The molecule has 0 saturated heterocycles. The van der Waals surface area contributed by atoms with Crippen molar-refractivity contribution in [3.8, 4) is 11.5 Å². The number of thiazole rings is 1. The first kappa shape index (κ1) is 27.8. The topological polar surface area (TPSA) is 105 Å². The zero-order valence-electron chi connectivity index (χ0n) is 22.3. The van der Waals surface area contributed by atoms with Crippen LogP contribution >= 0.6 is 11.3 Å². The van der Waals surface area contributed by atoms with Crippen molar-refractivity contribution >= 4 is 29.4 Å². The number of nitrogens with zero attached hydrogens (tertiary/aromatic N) is 2. The summed E-state index contributed by atoms with van der Waals surface area (Å²) < 4.78 is 23.5. The number of hydrogen-bond acceptors (Lipinski definition) is 9. The average molecular weight is 551 g/mol. The number of para-hydroxylation sites is 1. The van der Waals surface area contributed by atoms with Gasteiger partial charge in [0.2, 0.25) is 0 Å². The summed E-state index contributed by atoms with van der Waals surface area (Å²) in [6.45, 7) is 7.82. The van der Waals surface area contributed by atoms with E-state index in [0.717, 1.165) is 5.56 Å². The Morgan fingerprint density at radius 1 is 0.974 bits per heavy atom. The van der Waals surface area contributed by atoms with Gasteiger partial charge in [0.1, 0.15) is 17.5 Å². The lowest BCUT2D eigenvalue weighted by Gasteiger charge is -2.26. The van der Waals surface area contributed by atoms with Crippen LogP contribution in [0.15, 0.2) is 69.6 Å². The minimum Gasteiger partial charge on any atom is -0.494 e. The fraction of sp³-hybridized carbons (Fsp3) is 0.310. The largest absolute Gasteiger partial charge is 0.494 e. The Morgan fingerprint density at radius 3 is 2.38 bits per heavy atom. The van der Waals surface area contributed by atoms with Crippen LogP contribution in [0.3, 0.4) is 0 Å². The third-order valence-electron chi connectivity index (χ3n) is 5.87. The van der Waals surface area contributed by atoms with Gasteiger partial charge in [-0.3, -0.25) is 9.36 Å². The molecule has 0 fully saturated rings. The van der Waals surface area contributed by atoms with Gasteiger partial charge < -0.3 is 18.9 Å². The van der Waals surface area contributed by atoms with Gasteiger partial charge in [0.25, 0.3) is 5.56 Å².